The van der Waals surface area contributed by atoms with Crippen LogP contribution in [0.1, 0.15) is 10.4 Å². The summed E-state index contributed by atoms with van der Waals surface area (Å²) in [4.78, 5) is 38.6. The average molecular weight is 586 g/mol. The van der Waals surface area contributed by atoms with Gasteiger partial charge in [0.15, 0.2) is 0 Å². The molecule has 2 aromatic heterocycles. The number of nitrogens with one attached hydrogen (secondary N) is 3. The maximum Gasteiger partial charge on any atom is 0.254 e. The molecule has 0 radical (unpaired) electrons. The summed E-state index contributed by atoms with van der Waals surface area (Å²) in [6, 6.07) is 9.31. The van der Waals surface area contributed by atoms with Crippen molar-refractivity contribution in [3.05, 3.63) is 54.7 Å². The van der Waals surface area contributed by atoms with Gasteiger partial charge in [0.2, 0.25) is 11.9 Å². The molecule has 3 N–H and O–H groups in total. The number of ether oxygens (including phenoxy) is 2. The third kappa shape index (κ3) is 5.93. The van der Waals surface area contributed by atoms with Gasteiger partial charge in [-0.2, -0.15) is 5.10 Å². The molecule has 224 valence electrons. The van der Waals surface area contributed by atoms with Gasteiger partial charge in [-0.25, -0.2) is 9.97 Å². The van der Waals surface area contributed by atoms with Crippen LogP contribution in [0.4, 0.5) is 23.0 Å². The lowest BCUT2D eigenvalue weighted by Gasteiger charge is -2.26. The van der Waals surface area contributed by atoms with Crippen molar-refractivity contribution in [1.29, 1.82) is 0 Å². The third-order valence-corrected chi connectivity index (χ3v) is 7.08. The standard InChI is InChI=1S/C30H35N9O4/c1-7-25(40)33-20-15-21(24(42-6)16-22(20)38(5)12-11-37(3)4)34-30-32-17-19(29(41)31-2)26(35-30)27-18-9-8-10-23-28(18)39(36-27)13-14-43-23/h7-10,15-17H,1,11-14H2,2-6H3,(H,31,41)(H,33,40)(H,32,34,35). The van der Waals surface area contributed by atoms with E-state index in [0.717, 1.165) is 28.9 Å². The van der Waals surface area contributed by atoms with Crippen molar-refractivity contribution in [1.82, 2.24) is 30.0 Å². The number of hydrogen-bond donors (Lipinski definition) is 3. The molecule has 2 amide bonds. The fraction of sp³-hybridized carbons (Fsp3) is 0.300. The summed E-state index contributed by atoms with van der Waals surface area (Å²) in [6.07, 6.45) is 2.68. The largest absolute Gasteiger partial charge is 0.494 e. The van der Waals surface area contributed by atoms with E-state index in [2.05, 4.69) is 32.4 Å². The van der Waals surface area contributed by atoms with Crippen molar-refractivity contribution in [3.63, 3.8) is 0 Å². The Balaban J connectivity index is 1.59. The Bertz CT molecular complexity index is 1700. The van der Waals surface area contributed by atoms with Crippen molar-refractivity contribution < 1.29 is 19.1 Å². The minimum atomic E-state index is -0.352. The number of rotatable bonds is 11. The van der Waals surface area contributed by atoms with Crippen LogP contribution < -0.4 is 30.3 Å². The smallest absolute Gasteiger partial charge is 0.254 e. The molecule has 5 rings (SSSR count). The Morgan fingerprint density at radius 3 is 2.70 bits per heavy atom. The second-order valence-corrected chi connectivity index (χ2v) is 10.2. The molecule has 0 saturated carbocycles. The van der Waals surface area contributed by atoms with Gasteiger partial charge in [-0.1, -0.05) is 18.7 Å². The van der Waals surface area contributed by atoms with Crippen LogP contribution in [0.3, 0.4) is 0 Å². The number of benzene rings is 2. The van der Waals surface area contributed by atoms with Crippen molar-refractivity contribution in [2.45, 2.75) is 6.54 Å². The number of anilines is 4. The highest BCUT2D eigenvalue weighted by Gasteiger charge is 2.25. The van der Waals surface area contributed by atoms with Gasteiger partial charge >= 0.3 is 0 Å². The lowest BCUT2D eigenvalue weighted by molar-refractivity contribution is -0.111. The van der Waals surface area contributed by atoms with Crippen LogP contribution in [0, 0.1) is 0 Å². The number of para-hydroxylation sites is 1. The highest BCUT2D eigenvalue weighted by molar-refractivity contribution is 6.05. The van der Waals surface area contributed by atoms with Crippen molar-refractivity contribution >= 4 is 45.7 Å². The molecule has 13 nitrogen and oxygen atoms in total. The van der Waals surface area contributed by atoms with E-state index in [9.17, 15) is 9.59 Å². The molecule has 0 atom stereocenters. The van der Waals surface area contributed by atoms with Gasteiger partial charge in [-0.3, -0.25) is 14.3 Å². The van der Waals surface area contributed by atoms with E-state index in [4.69, 9.17) is 19.6 Å². The Kier molecular flexibility index (Phi) is 8.44. The Labute approximate surface area is 249 Å². The van der Waals surface area contributed by atoms with Crippen LogP contribution >= 0.6 is 0 Å². The first-order chi connectivity index (χ1) is 20.7. The third-order valence-electron chi connectivity index (χ3n) is 7.08. The van der Waals surface area contributed by atoms with E-state index in [1.807, 2.05) is 55.0 Å². The average Bonchev–Trinajstić information content (AvgIpc) is 3.39. The fourth-order valence-electron chi connectivity index (χ4n) is 4.85. The molecule has 0 bridgehead atoms. The van der Waals surface area contributed by atoms with Gasteiger partial charge in [0.1, 0.15) is 35.0 Å². The molecule has 0 spiro atoms. The Hall–Kier alpha value is -5.17. The van der Waals surface area contributed by atoms with E-state index < -0.39 is 0 Å². The second-order valence-electron chi connectivity index (χ2n) is 10.2. The first-order valence-corrected chi connectivity index (χ1v) is 13.7. The topological polar surface area (TPSA) is 139 Å². The summed E-state index contributed by atoms with van der Waals surface area (Å²) in [7, 11) is 9.06. The molecule has 1 aliphatic rings. The normalized spacial score (nSPS) is 12.0. The summed E-state index contributed by atoms with van der Waals surface area (Å²) in [5, 5.41) is 14.4. The number of hydrogen-bond acceptors (Lipinski definition) is 10. The minimum absolute atomic E-state index is 0.209. The highest BCUT2D eigenvalue weighted by Crippen LogP contribution is 2.39. The molecule has 0 saturated heterocycles. The molecule has 43 heavy (non-hydrogen) atoms. The first kappa shape index (κ1) is 29.3. The lowest BCUT2D eigenvalue weighted by Crippen LogP contribution is -2.29. The molecule has 0 aliphatic carbocycles. The summed E-state index contributed by atoms with van der Waals surface area (Å²) < 4.78 is 13.4. The summed E-state index contributed by atoms with van der Waals surface area (Å²) in [5.74, 6) is 0.747. The molecule has 13 heteroatoms. The van der Waals surface area contributed by atoms with Crippen LogP contribution in [-0.4, -0.2) is 91.5 Å². The molecular weight excluding hydrogens is 550 g/mol. The van der Waals surface area contributed by atoms with Gasteiger partial charge in [0.25, 0.3) is 5.91 Å². The number of likely N-dealkylation sites (N-methyl/N-ethyl adjacent to an activating group) is 2. The zero-order chi connectivity index (χ0) is 30.7. The SMILES string of the molecule is C=CC(=O)Nc1cc(Nc2ncc(C(=O)NC)c(-c3nn4c5c(cccc35)OCC4)n2)c(OC)cc1N(C)CCN(C)C. The van der Waals surface area contributed by atoms with Gasteiger partial charge in [0, 0.05) is 44.8 Å². The Morgan fingerprint density at radius 2 is 1.98 bits per heavy atom. The Morgan fingerprint density at radius 1 is 1.16 bits per heavy atom. The highest BCUT2D eigenvalue weighted by atomic mass is 16.5. The van der Waals surface area contributed by atoms with E-state index in [-0.39, 0.29) is 23.3 Å². The molecule has 3 heterocycles. The second kappa shape index (κ2) is 12.4. The number of methoxy groups -OCH3 is 1. The zero-order valence-electron chi connectivity index (χ0n) is 24.9. The minimum Gasteiger partial charge on any atom is -0.494 e. The van der Waals surface area contributed by atoms with E-state index in [0.29, 0.717) is 48.2 Å². The van der Waals surface area contributed by atoms with Crippen LogP contribution in [0.5, 0.6) is 11.5 Å². The van der Waals surface area contributed by atoms with E-state index in [1.54, 1.807) is 20.2 Å². The van der Waals surface area contributed by atoms with Crippen molar-refractivity contribution in [2.75, 3.05) is 70.5 Å². The van der Waals surface area contributed by atoms with Crippen molar-refractivity contribution in [2.24, 2.45) is 0 Å². The quantitative estimate of drug-likeness (QED) is 0.225. The predicted molar refractivity (Wildman–Crippen MR) is 167 cm³/mol. The molecule has 0 unspecified atom stereocenters. The molecule has 1 aliphatic heterocycles. The fourth-order valence-corrected chi connectivity index (χ4v) is 4.85. The van der Waals surface area contributed by atoms with Crippen LogP contribution in [-0.2, 0) is 11.3 Å². The first-order valence-electron chi connectivity index (χ1n) is 13.7. The van der Waals surface area contributed by atoms with Gasteiger partial charge in [-0.15, -0.1) is 0 Å². The molecular formula is C30H35N9O4. The summed E-state index contributed by atoms with van der Waals surface area (Å²) in [5.41, 5.74) is 3.83. The summed E-state index contributed by atoms with van der Waals surface area (Å²) in [6.45, 7) is 6.17. The van der Waals surface area contributed by atoms with Gasteiger partial charge in [-0.05, 0) is 32.3 Å². The van der Waals surface area contributed by atoms with Crippen LogP contribution in [0.25, 0.3) is 22.3 Å². The van der Waals surface area contributed by atoms with E-state index in [1.165, 1.54) is 12.3 Å². The van der Waals surface area contributed by atoms with E-state index >= 15 is 0 Å². The predicted octanol–water partition coefficient (Wildman–Crippen LogP) is 3.12. The zero-order valence-corrected chi connectivity index (χ0v) is 24.9. The number of carbonyl (C=O) groups is 2. The van der Waals surface area contributed by atoms with Crippen LogP contribution in [0.2, 0.25) is 0 Å². The number of carbonyl (C=O) groups excluding carboxylic acids is 2. The monoisotopic (exact) mass is 585 g/mol. The maximum absolute atomic E-state index is 12.9. The number of aromatic nitrogens is 4. The molecule has 0 fully saturated rings. The lowest BCUT2D eigenvalue weighted by atomic mass is 10.1. The van der Waals surface area contributed by atoms with Gasteiger partial charge in [0.05, 0.1) is 36.3 Å². The van der Waals surface area contributed by atoms with Gasteiger partial charge < -0.3 is 35.2 Å². The van der Waals surface area contributed by atoms with Crippen LogP contribution in [0.15, 0.2) is 49.2 Å². The van der Waals surface area contributed by atoms with Crippen molar-refractivity contribution in [3.8, 4) is 22.9 Å². The summed E-state index contributed by atoms with van der Waals surface area (Å²) >= 11 is 0. The maximum atomic E-state index is 12.9. The number of nitrogens with zero attached hydrogens (tertiary/aromatic N) is 6. The number of amides is 2. The molecule has 2 aromatic carbocycles. The molecule has 4 aromatic rings.